The van der Waals surface area contributed by atoms with Crippen molar-refractivity contribution in [1.82, 2.24) is 10.2 Å². The summed E-state index contributed by atoms with van der Waals surface area (Å²) < 4.78 is 42.0. The molecule has 2 heterocycles. The van der Waals surface area contributed by atoms with Crippen molar-refractivity contribution >= 4 is 15.7 Å². The van der Waals surface area contributed by atoms with Gasteiger partial charge < -0.3 is 10.1 Å². The molecule has 8 heteroatoms. The molecular weight excluding hydrogens is 347 g/mol. The van der Waals surface area contributed by atoms with Gasteiger partial charge >= 0.3 is 0 Å². The molecule has 6 nitrogen and oxygen atoms in total. The van der Waals surface area contributed by atoms with E-state index < -0.39 is 15.4 Å². The van der Waals surface area contributed by atoms with Gasteiger partial charge in [0, 0.05) is 13.1 Å². The Morgan fingerprint density at radius 2 is 2.12 bits per heavy atom. The Hall–Kier alpha value is -1.51. The fraction of sp³-hybridized carbons (Fsp3) is 0.588. The van der Waals surface area contributed by atoms with Crippen LogP contribution >= 0.6 is 0 Å². The standard InChI is InChI=1S/C17H23FN2O4S/c1-17(6-9-25(22,23)12-17)19-16(21)11-20-7-8-24-15(10-20)13-2-4-14(18)5-3-13/h2-5,15H,6-12H2,1H3,(H,19,21)/t15-,17-/m1/s1. The second kappa shape index (κ2) is 7.01. The minimum absolute atomic E-state index is 0.00689. The van der Waals surface area contributed by atoms with Gasteiger partial charge in [0.05, 0.1) is 36.3 Å². The number of hydrogen-bond donors (Lipinski definition) is 1. The summed E-state index contributed by atoms with van der Waals surface area (Å²) in [6, 6.07) is 6.17. The first-order chi connectivity index (χ1) is 11.7. The van der Waals surface area contributed by atoms with Crippen LogP contribution in [0, 0.1) is 5.82 Å². The number of morpholine rings is 1. The zero-order valence-corrected chi connectivity index (χ0v) is 15.0. The first-order valence-electron chi connectivity index (χ1n) is 8.36. The van der Waals surface area contributed by atoms with E-state index in [1.54, 1.807) is 19.1 Å². The number of benzene rings is 1. The van der Waals surface area contributed by atoms with Gasteiger partial charge in [0.15, 0.2) is 9.84 Å². The maximum Gasteiger partial charge on any atom is 0.234 e. The molecule has 1 amide bonds. The number of sulfone groups is 1. The first kappa shape index (κ1) is 18.3. The van der Waals surface area contributed by atoms with Crippen molar-refractivity contribution in [1.29, 1.82) is 0 Å². The summed E-state index contributed by atoms with van der Waals surface area (Å²) in [5, 5.41) is 2.87. The van der Waals surface area contributed by atoms with Crippen LogP contribution in [0.3, 0.4) is 0 Å². The molecule has 0 bridgehead atoms. The minimum atomic E-state index is -3.06. The Bertz CT molecular complexity index is 738. The number of carbonyl (C=O) groups is 1. The number of ether oxygens (including phenoxy) is 1. The number of nitrogens with zero attached hydrogens (tertiary/aromatic N) is 1. The van der Waals surface area contributed by atoms with Gasteiger partial charge in [-0.3, -0.25) is 9.69 Å². The van der Waals surface area contributed by atoms with Gasteiger partial charge in [-0.25, -0.2) is 12.8 Å². The molecule has 0 radical (unpaired) electrons. The van der Waals surface area contributed by atoms with Crippen molar-refractivity contribution in [3.63, 3.8) is 0 Å². The summed E-state index contributed by atoms with van der Waals surface area (Å²) in [7, 11) is -3.06. The molecule has 25 heavy (non-hydrogen) atoms. The zero-order valence-electron chi connectivity index (χ0n) is 14.2. The van der Waals surface area contributed by atoms with E-state index in [0.29, 0.717) is 26.1 Å². The molecule has 1 aromatic rings. The maximum absolute atomic E-state index is 13.0. The van der Waals surface area contributed by atoms with Crippen LogP contribution in [0.5, 0.6) is 0 Å². The van der Waals surface area contributed by atoms with Crippen molar-refractivity contribution in [3.05, 3.63) is 35.6 Å². The van der Waals surface area contributed by atoms with Gasteiger partial charge in [-0.05, 0) is 31.0 Å². The highest BCUT2D eigenvalue weighted by Crippen LogP contribution is 2.24. The van der Waals surface area contributed by atoms with E-state index in [1.807, 2.05) is 4.90 Å². The second-order valence-corrected chi connectivity index (χ2v) is 9.28. The molecule has 0 saturated carbocycles. The molecule has 138 valence electrons. The predicted molar refractivity (Wildman–Crippen MR) is 91.4 cm³/mol. The van der Waals surface area contributed by atoms with Crippen molar-refractivity contribution in [2.75, 3.05) is 37.7 Å². The van der Waals surface area contributed by atoms with Crippen LogP contribution in [0.4, 0.5) is 4.39 Å². The molecule has 2 saturated heterocycles. The lowest BCUT2D eigenvalue weighted by molar-refractivity contribution is -0.125. The average Bonchev–Trinajstić information content (AvgIpc) is 2.81. The van der Waals surface area contributed by atoms with E-state index in [2.05, 4.69) is 5.32 Å². The van der Waals surface area contributed by atoms with Crippen LogP contribution < -0.4 is 5.32 Å². The number of amides is 1. The molecular formula is C17H23FN2O4S. The Morgan fingerprint density at radius 1 is 1.40 bits per heavy atom. The van der Waals surface area contributed by atoms with Crippen molar-refractivity contribution in [3.8, 4) is 0 Å². The Balaban J connectivity index is 1.55. The van der Waals surface area contributed by atoms with E-state index >= 15 is 0 Å². The zero-order chi connectivity index (χ0) is 18.1. The molecule has 0 spiro atoms. The third kappa shape index (κ3) is 4.77. The van der Waals surface area contributed by atoms with Crippen LogP contribution in [0.25, 0.3) is 0 Å². The molecule has 2 aliphatic rings. The summed E-state index contributed by atoms with van der Waals surface area (Å²) >= 11 is 0. The van der Waals surface area contributed by atoms with Crippen LogP contribution in [0.15, 0.2) is 24.3 Å². The van der Waals surface area contributed by atoms with E-state index in [9.17, 15) is 17.6 Å². The van der Waals surface area contributed by atoms with Crippen molar-refractivity contribution in [2.24, 2.45) is 0 Å². The normalized spacial score (nSPS) is 29.4. The molecule has 1 aromatic carbocycles. The molecule has 1 N–H and O–H groups in total. The molecule has 2 fully saturated rings. The highest BCUT2D eigenvalue weighted by molar-refractivity contribution is 7.91. The Kier molecular flexibility index (Phi) is 5.13. The molecule has 2 atom stereocenters. The van der Waals surface area contributed by atoms with E-state index in [1.165, 1.54) is 12.1 Å². The van der Waals surface area contributed by atoms with Gasteiger partial charge in [0.2, 0.25) is 5.91 Å². The van der Waals surface area contributed by atoms with Crippen molar-refractivity contribution in [2.45, 2.75) is 25.0 Å². The fourth-order valence-corrected chi connectivity index (χ4v) is 5.51. The summed E-state index contributed by atoms with van der Waals surface area (Å²) in [6.07, 6.45) is 0.243. The highest BCUT2D eigenvalue weighted by atomic mass is 32.2. The number of carbonyl (C=O) groups excluding carboxylic acids is 1. The number of nitrogens with one attached hydrogen (secondary N) is 1. The van der Waals surface area contributed by atoms with Gasteiger partial charge in [-0.15, -0.1) is 0 Å². The lowest BCUT2D eigenvalue weighted by atomic mass is 10.0. The van der Waals surface area contributed by atoms with E-state index in [4.69, 9.17) is 4.74 Å². The van der Waals surface area contributed by atoms with Gasteiger partial charge in [-0.1, -0.05) is 12.1 Å². The Labute approximate surface area is 147 Å². The van der Waals surface area contributed by atoms with Crippen LogP contribution in [-0.4, -0.2) is 62.5 Å². The number of rotatable bonds is 4. The lowest BCUT2D eigenvalue weighted by Gasteiger charge is -2.33. The maximum atomic E-state index is 13.0. The van der Waals surface area contributed by atoms with E-state index in [0.717, 1.165) is 5.56 Å². The van der Waals surface area contributed by atoms with Gasteiger partial charge in [0.25, 0.3) is 0 Å². The number of halogens is 1. The van der Waals surface area contributed by atoms with Gasteiger partial charge in [-0.2, -0.15) is 0 Å². The van der Waals surface area contributed by atoms with Crippen LogP contribution in [0.2, 0.25) is 0 Å². The summed E-state index contributed by atoms with van der Waals surface area (Å²) in [4.78, 5) is 14.3. The van der Waals surface area contributed by atoms with E-state index in [-0.39, 0.29) is 35.9 Å². The average molecular weight is 370 g/mol. The van der Waals surface area contributed by atoms with Gasteiger partial charge in [0.1, 0.15) is 5.82 Å². The summed E-state index contributed by atoms with van der Waals surface area (Å²) in [5.74, 6) is -0.365. The smallest absolute Gasteiger partial charge is 0.234 e. The molecule has 0 unspecified atom stereocenters. The lowest BCUT2D eigenvalue weighted by Crippen LogP contribution is -2.51. The SMILES string of the molecule is C[C@@]1(NC(=O)CN2CCO[C@@H](c3ccc(F)cc3)C2)CCS(=O)(=O)C1. The molecule has 0 aliphatic carbocycles. The first-order valence-corrected chi connectivity index (χ1v) is 10.2. The van der Waals surface area contributed by atoms with Crippen LogP contribution in [-0.2, 0) is 19.4 Å². The largest absolute Gasteiger partial charge is 0.371 e. The third-order valence-corrected chi connectivity index (χ3v) is 6.61. The quantitative estimate of drug-likeness (QED) is 0.852. The minimum Gasteiger partial charge on any atom is -0.371 e. The molecule has 0 aromatic heterocycles. The number of hydrogen-bond acceptors (Lipinski definition) is 5. The predicted octanol–water partition coefficient (Wildman–Crippen LogP) is 0.892. The topological polar surface area (TPSA) is 75.7 Å². The second-order valence-electron chi connectivity index (χ2n) is 7.10. The third-order valence-electron chi connectivity index (χ3n) is 4.70. The Morgan fingerprint density at radius 3 is 2.76 bits per heavy atom. The van der Waals surface area contributed by atoms with Crippen molar-refractivity contribution < 1.29 is 22.3 Å². The molecule has 2 aliphatic heterocycles. The fourth-order valence-electron chi connectivity index (χ4n) is 3.41. The summed E-state index contributed by atoms with van der Waals surface area (Å²) in [6.45, 7) is 3.61. The molecule has 3 rings (SSSR count). The summed E-state index contributed by atoms with van der Waals surface area (Å²) in [5.41, 5.74) is 0.193. The monoisotopic (exact) mass is 370 g/mol. The highest BCUT2D eigenvalue weighted by Gasteiger charge is 2.39. The van der Waals surface area contributed by atoms with Crippen LogP contribution in [0.1, 0.15) is 25.0 Å².